The van der Waals surface area contributed by atoms with Gasteiger partial charge in [-0.25, -0.2) is 4.98 Å². The molecule has 1 amide bonds. The Balaban J connectivity index is 1.99. The quantitative estimate of drug-likeness (QED) is 0.800. The van der Waals surface area contributed by atoms with Gasteiger partial charge in [0.15, 0.2) is 5.13 Å². The third-order valence-electron chi connectivity index (χ3n) is 3.41. The zero-order chi connectivity index (χ0) is 17.0. The summed E-state index contributed by atoms with van der Waals surface area (Å²) in [6.45, 7) is 11.3. The van der Waals surface area contributed by atoms with E-state index in [1.165, 1.54) is 11.3 Å². The van der Waals surface area contributed by atoms with Crippen LogP contribution in [0.3, 0.4) is 0 Å². The fourth-order valence-corrected chi connectivity index (χ4v) is 3.73. The number of nitrogens with one attached hydrogen (secondary N) is 1. The monoisotopic (exact) mass is 334 g/mol. The number of anilines is 1. The van der Waals surface area contributed by atoms with Gasteiger partial charge in [-0.2, -0.15) is 0 Å². The van der Waals surface area contributed by atoms with Crippen LogP contribution in [0.2, 0.25) is 0 Å². The number of benzene rings is 1. The number of nitrogens with zero attached hydrogens (tertiary/aromatic N) is 1. The standard InChI is InChI=1S/C18H26N2O2S/c1-6-22-13-7-8-14-15(10-13)23-17(19-14)20-16(21)9-12(2)11-18(3,4)5/h7-8,10,12H,6,9,11H2,1-5H3,(H,19,20,21). The smallest absolute Gasteiger partial charge is 0.226 e. The molecule has 23 heavy (non-hydrogen) atoms. The van der Waals surface area contributed by atoms with Gasteiger partial charge in [0, 0.05) is 6.42 Å². The molecule has 0 spiro atoms. The van der Waals surface area contributed by atoms with Gasteiger partial charge in [-0.05, 0) is 42.9 Å². The minimum atomic E-state index is 0.0332. The summed E-state index contributed by atoms with van der Waals surface area (Å²) >= 11 is 1.48. The van der Waals surface area contributed by atoms with Crippen molar-refractivity contribution >= 4 is 32.6 Å². The highest BCUT2D eigenvalue weighted by Gasteiger charge is 2.18. The highest BCUT2D eigenvalue weighted by atomic mass is 32.1. The lowest BCUT2D eigenvalue weighted by molar-refractivity contribution is -0.117. The van der Waals surface area contributed by atoms with E-state index in [9.17, 15) is 4.79 Å². The Morgan fingerprint density at radius 2 is 2.13 bits per heavy atom. The average Bonchev–Trinajstić information content (AvgIpc) is 2.77. The summed E-state index contributed by atoms with van der Waals surface area (Å²) in [4.78, 5) is 16.7. The largest absolute Gasteiger partial charge is 0.494 e. The van der Waals surface area contributed by atoms with E-state index in [4.69, 9.17) is 4.74 Å². The SMILES string of the molecule is CCOc1ccc2nc(NC(=O)CC(C)CC(C)(C)C)sc2c1. The predicted molar refractivity (Wildman–Crippen MR) is 97.3 cm³/mol. The minimum Gasteiger partial charge on any atom is -0.494 e. The van der Waals surface area contributed by atoms with Crippen molar-refractivity contribution in [2.24, 2.45) is 11.3 Å². The van der Waals surface area contributed by atoms with Crippen LogP contribution in [0.4, 0.5) is 5.13 Å². The van der Waals surface area contributed by atoms with Gasteiger partial charge in [0.1, 0.15) is 5.75 Å². The first-order chi connectivity index (χ1) is 10.8. The molecule has 0 fully saturated rings. The van der Waals surface area contributed by atoms with E-state index >= 15 is 0 Å². The van der Waals surface area contributed by atoms with Crippen LogP contribution in [-0.4, -0.2) is 17.5 Å². The second kappa shape index (κ2) is 7.30. The molecule has 1 aromatic carbocycles. The van der Waals surface area contributed by atoms with E-state index in [0.717, 1.165) is 22.4 Å². The first-order valence-corrected chi connectivity index (χ1v) is 8.91. The van der Waals surface area contributed by atoms with E-state index in [1.807, 2.05) is 25.1 Å². The number of fused-ring (bicyclic) bond motifs is 1. The van der Waals surface area contributed by atoms with E-state index < -0.39 is 0 Å². The molecular formula is C18H26N2O2S. The number of rotatable bonds is 6. The molecule has 2 aromatic rings. The second-order valence-corrected chi connectivity index (χ2v) is 8.23. The predicted octanol–water partition coefficient (Wildman–Crippen LogP) is 5.10. The van der Waals surface area contributed by atoms with Crippen molar-refractivity contribution in [2.45, 2.75) is 47.5 Å². The number of aromatic nitrogens is 1. The van der Waals surface area contributed by atoms with Gasteiger partial charge >= 0.3 is 0 Å². The van der Waals surface area contributed by atoms with Crippen molar-refractivity contribution in [3.05, 3.63) is 18.2 Å². The second-order valence-electron chi connectivity index (χ2n) is 7.20. The zero-order valence-corrected chi connectivity index (χ0v) is 15.4. The summed E-state index contributed by atoms with van der Waals surface area (Å²) in [5, 5.41) is 3.58. The molecule has 0 aliphatic carbocycles. The van der Waals surface area contributed by atoms with E-state index in [-0.39, 0.29) is 11.3 Å². The van der Waals surface area contributed by atoms with E-state index in [0.29, 0.717) is 24.1 Å². The molecule has 0 aliphatic heterocycles. The van der Waals surface area contributed by atoms with Crippen molar-refractivity contribution in [3.63, 3.8) is 0 Å². The molecule has 1 atom stereocenters. The van der Waals surface area contributed by atoms with Crippen molar-refractivity contribution in [3.8, 4) is 5.75 Å². The molecule has 2 rings (SSSR count). The van der Waals surface area contributed by atoms with Crippen LogP contribution in [0.25, 0.3) is 10.2 Å². The third-order valence-corrected chi connectivity index (χ3v) is 4.35. The number of hydrogen-bond acceptors (Lipinski definition) is 4. The van der Waals surface area contributed by atoms with Crippen LogP contribution in [0.5, 0.6) is 5.75 Å². The average molecular weight is 334 g/mol. The maximum absolute atomic E-state index is 12.2. The van der Waals surface area contributed by atoms with Crippen molar-refractivity contribution in [1.29, 1.82) is 0 Å². The molecular weight excluding hydrogens is 308 g/mol. The van der Waals surface area contributed by atoms with Crippen LogP contribution in [0, 0.1) is 11.3 Å². The number of amides is 1. The lowest BCUT2D eigenvalue weighted by Crippen LogP contribution is -2.18. The molecule has 1 heterocycles. The molecule has 4 nitrogen and oxygen atoms in total. The molecule has 0 saturated carbocycles. The number of hydrogen-bond donors (Lipinski definition) is 1. The summed E-state index contributed by atoms with van der Waals surface area (Å²) in [5.74, 6) is 1.22. The van der Waals surface area contributed by atoms with Gasteiger partial charge in [0.2, 0.25) is 5.91 Å². The van der Waals surface area contributed by atoms with Gasteiger partial charge in [-0.1, -0.05) is 39.0 Å². The number of thiazole rings is 1. The van der Waals surface area contributed by atoms with Gasteiger partial charge in [0.25, 0.3) is 0 Å². The molecule has 126 valence electrons. The van der Waals surface area contributed by atoms with Gasteiger partial charge in [-0.15, -0.1) is 0 Å². The van der Waals surface area contributed by atoms with Crippen LogP contribution in [-0.2, 0) is 4.79 Å². The Bertz CT molecular complexity index is 673. The summed E-state index contributed by atoms with van der Waals surface area (Å²) in [6, 6.07) is 5.80. The van der Waals surface area contributed by atoms with Crippen molar-refractivity contribution < 1.29 is 9.53 Å². The van der Waals surface area contributed by atoms with Gasteiger partial charge in [0.05, 0.1) is 16.8 Å². The molecule has 5 heteroatoms. The molecule has 0 aliphatic rings. The molecule has 1 unspecified atom stereocenters. The Morgan fingerprint density at radius 3 is 2.78 bits per heavy atom. The number of carbonyl (C=O) groups is 1. The Labute approximate surface area is 142 Å². The maximum atomic E-state index is 12.2. The first kappa shape index (κ1) is 17.7. The molecule has 1 N–H and O–H groups in total. The highest BCUT2D eigenvalue weighted by molar-refractivity contribution is 7.22. The summed E-state index contributed by atoms with van der Waals surface area (Å²) < 4.78 is 6.52. The highest BCUT2D eigenvalue weighted by Crippen LogP contribution is 2.30. The van der Waals surface area contributed by atoms with Crippen molar-refractivity contribution in [2.75, 3.05) is 11.9 Å². The third kappa shape index (κ3) is 5.50. The Morgan fingerprint density at radius 1 is 1.39 bits per heavy atom. The van der Waals surface area contributed by atoms with E-state index in [2.05, 4.69) is 38.0 Å². The maximum Gasteiger partial charge on any atom is 0.226 e. The fourth-order valence-electron chi connectivity index (χ4n) is 2.82. The van der Waals surface area contributed by atoms with Crippen LogP contribution in [0.15, 0.2) is 18.2 Å². The van der Waals surface area contributed by atoms with Gasteiger partial charge in [-0.3, -0.25) is 4.79 Å². The Hall–Kier alpha value is -1.62. The topological polar surface area (TPSA) is 51.2 Å². The van der Waals surface area contributed by atoms with Crippen molar-refractivity contribution in [1.82, 2.24) is 4.98 Å². The minimum absolute atomic E-state index is 0.0332. The van der Waals surface area contributed by atoms with Gasteiger partial charge < -0.3 is 10.1 Å². The van der Waals surface area contributed by atoms with Crippen LogP contribution in [0.1, 0.15) is 47.5 Å². The Kier molecular flexibility index (Phi) is 5.63. The summed E-state index contributed by atoms with van der Waals surface area (Å²) in [7, 11) is 0. The fraction of sp³-hybridized carbons (Fsp3) is 0.556. The number of ether oxygens (including phenoxy) is 1. The number of carbonyl (C=O) groups excluding carboxylic acids is 1. The summed E-state index contributed by atoms with van der Waals surface area (Å²) in [5.41, 5.74) is 1.13. The zero-order valence-electron chi connectivity index (χ0n) is 14.6. The lowest BCUT2D eigenvalue weighted by atomic mass is 9.84. The van der Waals surface area contributed by atoms with Crippen LogP contribution >= 0.6 is 11.3 Å². The first-order valence-electron chi connectivity index (χ1n) is 8.10. The summed E-state index contributed by atoms with van der Waals surface area (Å²) in [6.07, 6.45) is 1.55. The molecule has 1 aromatic heterocycles. The lowest BCUT2D eigenvalue weighted by Gasteiger charge is -2.22. The normalized spacial score (nSPS) is 13.1. The van der Waals surface area contributed by atoms with Crippen LogP contribution < -0.4 is 10.1 Å². The molecule has 0 saturated heterocycles. The van der Waals surface area contributed by atoms with E-state index in [1.54, 1.807) is 0 Å². The molecule has 0 bridgehead atoms. The molecule has 0 radical (unpaired) electrons.